The Labute approximate surface area is 202 Å². The zero-order chi connectivity index (χ0) is 25.4. The van der Waals surface area contributed by atoms with Crippen molar-refractivity contribution in [2.45, 2.75) is 36.5 Å². The molecule has 1 aliphatic rings. The first-order chi connectivity index (χ1) is 16.5. The maximum atomic E-state index is 13.3. The molecule has 0 radical (unpaired) electrons. The predicted octanol–water partition coefficient (Wildman–Crippen LogP) is 3.64. The predicted molar refractivity (Wildman–Crippen MR) is 128 cm³/mol. The highest BCUT2D eigenvalue weighted by Gasteiger charge is 2.44. The Morgan fingerprint density at radius 2 is 1.80 bits per heavy atom. The van der Waals surface area contributed by atoms with Crippen LogP contribution in [-0.4, -0.2) is 38.2 Å². The van der Waals surface area contributed by atoms with E-state index in [1.165, 1.54) is 7.11 Å². The number of hydrogen-bond donors (Lipinski definition) is 3. The van der Waals surface area contributed by atoms with Gasteiger partial charge in [0.1, 0.15) is 29.0 Å². The van der Waals surface area contributed by atoms with E-state index in [1.807, 2.05) is 0 Å². The zero-order valence-corrected chi connectivity index (χ0v) is 20.1. The number of methoxy groups -OCH3 is 1. The standard InChI is InChI=1S/C25H25FN2O6S/c1-25(2)23(29)22(28-35(31,32)19-10-7-16(26)8-11-19)20-14-17(9-12-21(20)34-25)27-24(30)15-5-4-6-18(13-15)33-3/h4-14,22-23,28-29H,1-3H3,(H,27,30)/t22-,23+/m0/s1. The summed E-state index contributed by atoms with van der Waals surface area (Å²) < 4.78 is 52.9. The first-order valence-electron chi connectivity index (χ1n) is 10.7. The third-order valence-electron chi connectivity index (χ3n) is 5.74. The van der Waals surface area contributed by atoms with Crippen LogP contribution >= 0.6 is 0 Å². The first-order valence-corrected chi connectivity index (χ1v) is 12.2. The number of fused-ring (bicyclic) bond motifs is 1. The molecule has 1 aliphatic heterocycles. The van der Waals surface area contributed by atoms with Gasteiger partial charge >= 0.3 is 0 Å². The van der Waals surface area contributed by atoms with E-state index in [-0.39, 0.29) is 4.90 Å². The molecule has 1 heterocycles. The van der Waals surface area contributed by atoms with Crippen molar-refractivity contribution in [1.82, 2.24) is 4.72 Å². The zero-order valence-electron chi connectivity index (χ0n) is 19.3. The van der Waals surface area contributed by atoms with E-state index in [0.29, 0.717) is 28.3 Å². The van der Waals surface area contributed by atoms with Gasteiger partial charge in [-0.3, -0.25) is 4.79 Å². The highest BCUT2D eigenvalue weighted by molar-refractivity contribution is 7.89. The number of amides is 1. The van der Waals surface area contributed by atoms with E-state index in [9.17, 15) is 22.7 Å². The van der Waals surface area contributed by atoms with Gasteiger partial charge in [-0.25, -0.2) is 17.5 Å². The molecular formula is C25H25FN2O6S. The van der Waals surface area contributed by atoms with Crippen molar-refractivity contribution in [3.8, 4) is 11.5 Å². The largest absolute Gasteiger partial charge is 0.497 e. The van der Waals surface area contributed by atoms with Gasteiger partial charge < -0.3 is 19.9 Å². The molecule has 0 bridgehead atoms. The topological polar surface area (TPSA) is 114 Å². The lowest BCUT2D eigenvalue weighted by Gasteiger charge is -2.42. The summed E-state index contributed by atoms with van der Waals surface area (Å²) in [5, 5.41) is 13.8. The number of aliphatic hydroxyl groups is 1. The fraction of sp³-hybridized carbons (Fsp3) is 0.240. The molecule has 3 aromatic carbocycles. The molecule has 2 atom stereocenters. The third-order valence-corrected chi connectivity index (χ3v) is 7.20. The van der Waals surface area contributed by atoms with E-state index in [0.717, 1.165) is 24.3 Å². The second-order valence-corrected chi connectivity index (χ2v) is 10.4. The van der Waals surface area contributed by atoms with Crippen LogP contribution in [0.3, 0.4) is 0 Å². The lowest BCUT2D eigenvalue weighted by molar-refractivity contribution is -0.0602. The second kappa shape index (κ2) is 9.29. The molecule has 35 heavy (non-hydrogen) atoms. The molecule has 0 unspecified atom stereocenters. The molecule has 3 N–H and O–H groups in total. The van der Waals surface area contributed by atoms with Crippen LogP contribution in [0.25, 0.3) is 0 Å². The number of carbonyl (C=O) groups excluding carboxylic acids is 1. The highest BCUT2D eigenvalue weighted by atomic mass is 32.2. The summed E-state index contributed by atoms with van der Waals surface area (Å²) in [6, 6.07) is 14.6. The van der Waals surface area contributed by atoms with Gasteiger partial charge in [0.2, 0.25) is 10.0 Å². The van der Waals surface area contributed by atoms with Gasteiger partial charge in [-0.05, 0) is 74.5 Å². The van der Waals surface area contributed by atoms with Crippen molar-refractivity contribution in [1.29, 1.82) is 0 Å². The SMILES string of the molecule is COc1cccc(C(=O)Nc2ccc3c(c2)[C@H](NS(=O)(=O)c2ccc(F)cc2)[C@@H](O)C(C)(C)O3)c1. The van der Waals surface area contributed by atoms with Gasteiger partial charge in [0, 0.05) is 16.8 Å². The van der Waals surface area contributed by atoms with Gasteiger partial charge in [0.15, 0.2) is 0 Å². The van der Waals surface area contributed by atoms with Crippen LogP contribution in [0.4, 0.5) is 10.1 Å². The smallest absolute Gasteiger partial charge is 0.255 e. The van der Waals surface area contributed by atoms with E-state index >= 15 is 0 Å². The number of sulfonamides is 1. The number of hydrogen-bond acceptors (Lipinski definition) is 6. The Hall–Kier alpha value is -3.47. The van der Waals surface area contributed by atoms with Crippen molar-refractivity contribution >= 4 is 21.6 Å². The molecule has 8 nitrogen and oxygen atoms in total. The van der Waals surface area contributed by atoms with Gasteiger partial charge in [0.25, 0.3) is 5.91 Å². The van der Waals surface area contributed by atoms with Crippen LogP contribution < -0.4 is 19.5 Å². The van der Waals surface area contributed by atoms with Crippen LogP contribution in [0, 0.1) is 5.82 Å². The normalized spacial score (nSPS) is 18.8. The van der Waals surface area contributed by atoms with Gasteiger partial charge in [-0.1, -0.05) is 6.07 Å². The number of carbonyl (C=O) groups is 1. The summed E-state index contributed by atoms with van der Waals surface area (Å²) in [6.45, 7) is 3.27. The fourth-order valence-electron chi connectivity index (χ4n) is 3.82. The molecule has 0 fully saturated rings. The van der Waals surface area contributed by atoms with Crippen LogP contribution in [-0.2, 0) is 10.0 Å². The van der Waals surface area contributed by atoms with Crippen molar-refractivity contribution in [3.63, 3.8) is 0 Å². The number of halogens is 1. The van der Waals surface area contributed by atoms with Gasteiger partial charge in [-0.15, -0.1) is 0 Å². The Balaban J connectivity index is 1.67. The summed E-state index contributed by atoms with van der Waals surface area (Å²) in [5.41, 5.74) is -0.0361. The number of anilines is 1. The Morgan fingerprint density at radius 1 is 1.09 bits per heavy atom. The highest BCUT2D eigenvalue weighted by Crippen LogP contribution is 2.41. The summed E-state index contributed by atoms with van der Waals surface area (Å²) >= 11 is 0. The number of ether oxygens (including phenoxy) is 2. The minimum Gasteiger partial charge on any atom is -0.497 e. The monoisotopic (exact) mass is 500 g/mol. The minimum atomic E-state index is -4.12. The molecule has 0 spiro atoms. The number of rotatable bonds is 6. The van der Waals surface area contributed by atoms with Crippen LogP contribution in [0.15, 0.2) is 71.6 Å². The average molecular weight is 501 g/mol. The Kier molecular flexibility index (Phi) is 6.54. The first kappa shape index (κ1) is 24.6. The molecule has 10 heteroatoms. The molecule has 0 aliphatic carbocycles. The van der Waals surface area contributed by atoms with E-state index in [2.05, 4.69) is 10.0 Å². The summed E-state index contributed by atoms with van der Waals surface area (Å²) in [4.78, 5) is 12.6. The second-order valence-electron chi connectivity index (χ2n) is 8.64. The molecule has 3 aromatic rings. The minimum absolute atomic E-state index is 0.153. The van der Waals surface area contributed by atoms with Crippen molar-refractivity contribution in [3.05, 3.63) is 83.7 Å². The maximum Gasteiger partial charge on any atom is 0.255 e. The van der Waals surface area contributed by atoms with Gasteiger partial charge in [-0.2, -0.15) is 0 Å². The Morgan fingerprint density at radius 3 is 2.49 bits per heavy atom. The summed E-state index contributed by atoms with van der Waals surface area (Å²) in [7, 11) is -2.62. The number of nitrogens with one attached hydrogen (secondary N) is 2. The maximum absolute atomic E-state index is 13.3. The molecule has 184 valence electrons. The molecule has 4 rings (SSSR count). The Bertz CT molecular complexity index is 1360. The van der Waals surface area contributed by atoms with Crippen molar-refractivity contribution < 1.29 is 32.2 Å². The van der Waals surface area contributed by atoms with Crippen molar-refractivity contribution in [2.24, 2.45) is 0 Å². The van der Waals surface area contributed by atoms with E-state index in [1.54, 1.807) is 56.3 Å². The molecule has 0 aromatic heterocycles. The lowest BCUT2D eigenvalue weighted by Crippen LogP contribution is -2.53. The van der Waals surface area contributed by atoms with Gasteiger partial charge in [0.05, 0.1) is 18.0 Å². The molecule has 0 saturated heterocycles. The van der Waals surface area contributed by atoms with Crippen LogP contribution in [0.1, 0.15) is 35.8 Å². The summed E-state index contributed by atoms with van der Waals surface area (Å²) in [6.07, 6.45) is -1.27. The van der Waals surface area contributed by atoms with Crippen molar-refractivity contribution in [2.75, 3.05) is 12.4 Å². The van der Waals surface area contributed by atoms with Crippen LogP contribution in [0.5, 0.6) is 11.5 Å². The quantitative estimate of drug-likeness (QED) is 0.476. The fourth-order valence-corrected chi connectivity index (χ4v) is 5.04. The molecular weight excluding hydrogens is 475 g/mol. The number of benzene rings is 3. The van der Waals surface area contributed by atoms with E-state index < -0.39 is 39.5 Å². The lowest BCUT2D eigenvalue weighted by atomic mass is 9.87. The third kappa shape index (κ3) is 5.14. The van der Waals surface area contributed by atoms with E-state index in [4.69, 9.17) is 9.47 Å². The average Bonchev–Trinajstić information content (AvgIpc) is 2.82. The van der Waals surface area contributed by atoms with Crippen LogP contribution in [0.2, 0.25) is 0 Å². The number of aliphatic hydroxyl groups excluding tert-OH is 1. The summed E-state index contributed by atoms with van der Waals surface area (Å²) in [5.74, 6) is -0.0913. The molecule has 0 saturated carbocycles. The molecule has 1 amide bonds.